The molecule has 0 bridgehead atoms. The van der Waals surface area contributed by atoms with Crippen molar-refractivity contribution in [2.45, 2.75) is 0 Å². The first kappa shape index (κ1) is 7.87. The normalized spacial score (nSPS) is 10.2. The van der Waals surface area contributed by atoms with Gasteiger partial charge in [0.1, 0.15) is 6.33 Å². The number of aromatic nitrogens is 4. The van der Waals surface area contributed by atoms with Gasteiger partial charge in [-0.2, -0.15) is 4.37 Å². The van der Waals surface area contributed by atoms with Crippen molar-refractivity contribution in [1.29, 1.82) is 0 Å². The van der Waals surface area contributed by atoms with Crippen molar-refractivity contribution in [3.05, 3.63) is 23.7 Å². The summed E-state index contributed by atoms with van der Waals surface area (Å²) >= 11 is 1.27. The minimum absolute atomic E-state index is 0.216. The monoisotopic (exact) mass is 196 g/mol. The SMILES string of the molecule is O=C(O)c1ncn(-c2cnsc2)n1. The van der Waals surface area contributed by atoms with E-state index in [9.17, 15) is 4.79 Å². The van der Waals surface area contributed by atoms with E-state index in [0.717, 1.165) is 0 Å². The van der Waals surface area contributed by atoms with E-state index in [1.54, 1.807) is 11.6 Å². The fourth-order valence-electron chi connectivity index (χ4n) is 0.798. The maximum absolute atomic E-state index is 10.4. The van der Waals surface area contributed by atoms with Crippen LogP contribution in [-0.4, -0.2) is 30.2 Å². The molecule has 6 nitrogen and oxygen atoms in total. The van der Waals surface area contributed by atoms with Crippen LogP contribution in [0.3, 0.4) is 0 Å². The Morgan fingerprint density at radius 3 is 3.00 bits per heavy atom. The molecule has 2 aromatic rings. The predicted molar refractivity (Wildman–Crippen MR) is 44.0 cm³/mol. The van der Waals surface area contributed by atoms with Crippen LogP contribution in [0.2, 0.25) is 0 Å². The van der Waals surface area contributed by atoms with Gasteiger partial charge in [0.05, 0.1) is 11.9 Å². The van der Waals surface area contributed by atoms with Crippen molar-refractivity contribution >= 4 is 17.5 Å². The van der Waals surface area contributed by atoms with Gasteiger partial charge in [-0.05, 0) is 11.5 Å². The van der Waals surface area contributed by atoms with E-state index in [4.69, 9.17) is 5.11 Å². The van der Waals surface area contributed by atoms with E-state index < -0.39 is 5.97 Å². The smallest absolute Gasteiger partial charge is 0.375 e. The number of carboxylic acid groups (broad SMARTS) is 1. The second-order valence-corrected chi connectivity index (χ2v) is 2.86. The Balaban J connectivity index is 2.39. The molecule has 0 fully saturated rings. The minimum Gasteiger partial charge on any atom is -0.475 e. The molecule has 2 aromatic heterocycles. The van der Waals surface area contributed by atoms with Gasteiger partial charge < -0.3 is 5.11 Å². The van der Waals surface area contributed by atoms with Gasteiger partial charge in [-0.1, -0.05) is 0 Å². The van der Waals surface area contributed by atoms with Gasteiger partial charge in [-0.15, -0.1) is 5.10 Å². The number of aromatic carboxylic acids is 1. The maximum atomic E-state index is 10.4. The summed E-state index contributed by atoms with van der Waals surface area (Å²) in [6.45, 7) is 0. The number of carboxylic acids is 1. The number of rotatable bonds is 2. The molecule has 0 radical (unpaired) electrons. The second-order valence-electron chi connectivity index (χ2n) is 2.20. The highest BCUT2D eigenvalue weighted by Gasteiger charge is 2.09. The summed E-state index contributed by atoms with van der Waals surface area (Å²) in [6, 6.07) is 0. The van der Waals surface area contributed by atoms with Crippen LogP contribution in [0.25, 0.3) is 5.69 Å². The zero-order chi connectivity index (χ0) is 9.26. The molecule has 0 unspecified atom stereocenters. The minimum atomic E-state index is -1.14. The fourth-order valence-corrected chi connectivity index (χ4v) is 1.30. The highest BCUT2D eigenvalue weighted by molar-refractivity contribution is 7.03. The highest BCUT2D eigenvalue weighted by Crippen LogP contribution is 2.06. The average molecular weight is 196 g/mol. The molecule has 0 aliphatic rings. The van der Waals surface area contributed by atoms with Gasteiger partial charge in [-0.25, -0.2) is 14.5 Å². The number of nitrogens with zero attached hydrogens (tertiary/aromatic N) is 4. The van der Waals surface area contributed by atoms with Crippen LogP contribution in [0, 0.1) is 0 Å². The summed E-state index contributed by atoms with van der Waals surface area (Å²) in [4.78, 5) is 14.0. The molecule has 2 heterocycles. The van der Waals surface area contributed by atoms with Crippen molar-refractivity contribution in [3.63, 3.8) is 0 Å². The van der Waals surface area contributed by atoms with E-state index in [-0.39, 0.29) is 5.82 Å². The third kappa shape index (κ3) is 1.41. The van der Waals surface area contributed by atoms with E-state index >= 15 is 0 Å². The summed E-state index contributed by atoms with van der Waals surface area (Å²) in [5.74, 6) is -1.35. The number of carbonyl (C=O) groups is 1. The molecule has 0 aliphatic heterocycles. The summed E-state index contributed by atoms with van der Waals surface area (Å²) < 4.78 is 5.23. The molecule has 0 saturated heterocycles. The largest absolute Gasteiger partial charge is 0.475 e. The molecule has 13 heavy (non-hydrogen) atoms. The van der Waals surface area contributed by atoms with Crippen molar-refractivity contribution in [3.8, 4) is 5.69 Å². The molecule has 1 N–H and O–H groups in total. The molecule has 66 valence electrons. The Labute approximate surface area is 76.6 Å². The Morgan fingerprint density at radius 2 is 2.46 bits per heavy atom. The third-order valence-corrected chi connectivity index (χ3v) is 1.94. The fraction of sp³-hybridized carbons (Fsp3) is 0. The molecule has 0 saturated carbocycles. The predicted octanol–water partition coefficient (Wildman–Crippen LogP) is 0.422. The summed E-state index contributed by atoms with van der Waals surface area (Å²) in [7, 11) is 0. The maximum Gasteiger partial charge on any atom is 0.375 e. The van der Waals surface area contributed by atoms with Crippen LogP contribution in [0.4, 0.5) is 0 Å². The number of hydrogen-bond donors (Lipinski definition) is 1. The van der Waals surface area contributed by atoms with Gasteiger partial charge in [0.2, 0.25) is 0 Å². The first-order valence-corrected chi connectivity index (χ1v) is 4.16. The molecule has 0 atom stereocenters. The Hall–Kier alpha value is -1.76. The van der Waals surface area contributed by atoms with Gasteiger partial charge in [0, 0.05) is 5.38 Å². The topological polar surface area (TPSA) is 80.9 Å². The molecule has 0 aromatic carbocycles. The van der Waals surface area contributed by atoms with Crippen molar-refractivity contribution < 1.29 is 9.90 Å². The number of hydrogen-bond acceptors (Lipinski definition) is 5. The van der Waals surface area contributed by atoms with Gasteiger partial charge in [-0.3, -0.25) is 0 Å². The molecule has 2 rings (SSSR count). The van der Waals surface area contributed by atoms with Crippen LogP contribution in [0.1, 0.15) is 10.6 Å². The average Bonchev–Trinajstić information content (AvgIpc) is 2.75. The molecular formula is C6H4N4O2S. The van der Waals surface area contributed by atoms with Crippen molar-refractivity contribution in [1.82, 2.24) is 19.1 Å². The van der Waals surface area contributed by atoms with Crippen molar-refractivity contribution in [2.75, 3.05) is 0 Å². The first-order valence-electron chi connectivity index (χ1n) is 3.32. The Bertz CT molecular complexity index is 422. The van der Waals surface area contributed by atoms with Gasteiger partial charge >= 0.3 is 5.97 Å². The van der Waals surface area contributed by atoms with Gasteiger partial charge in [0.15, 0.2) is 0 Å². The molecule has 0 spiro atoms. The van der Waals surface area contributed by atoms with E-state index in [1.165, 1.54) is 22.5 Å². The van der Waals surface area contributed by atoms with E-state index in [1.807, 2.05) is 0 Å². The lowest BCUT2D eigenvalue weighted by Crippen LogP contribution is -2.01. The molecule has 7 heteroatoms. The third-order valence-electron chi connectivity index (χ3n) is 1.37. The Kier molecular flexibility index (Phi) is 1.78. The lowest BCUT2D eigenvalue weighted by molar-refractivity contribution is 0.0683. The molecule has 0 amide bonds. The standard InChI is InChI=1S/C6H4N4O2S/c11-6(12)5-7-3-10(9-5)4-1-8-13-2-4/h1-3H,(H,11,12). The van der Waals surface area contributed by atoms with Crippen LogP contribution in [0.5, 0.6) is 0 Å². The summed E-state index contributed by atoms with van der Waals surface area (Å²) in [6.07, 6.45) is 2.93. The molecular weight excluding hydrogens is 192 g/mol. The lowest BCUT2D eigenvalue weighted by Gasteiger charge is -1.90. The van der Waals surface area contributed by atoms with Crippen LogP contribution in [0.15, 0.2) is 17.9 Å². The summed E-state index contributed by atoms with van der Waals surface area (Å²) in [5, 5.41) is 14.0. The van der Waals surface area contributed by atoms with Crippen molar-refractivity contribution in [2.24, 2.45) is 0 Å². The second kappa shape index (κ2) is 2.94. The van der Waals surface area contributed by atoms with Crippen LogP contribution >= 0.6 is 11.5 Å². The van der Waals surface area contributed by atoms with E-state index in [0.29, 0.717) is 5.69 Å². The van der Waals surface area contributed by atoms with E-state index in [2.05, 4.69) is 14.5 Å². The zero-order valence-corrected chi connectivity index (χ0v) is 7.10. The summed E-state index contributed by atoms with van der Waals surface area (Å²) in [5.41, 5.74) is 0.713. The van der Waals surface area contributed by atoms with Crippen LogP contribution in [-0.2, 0) is 0 Å². The van der Waals surface area contributed by atoms with Crippen LogP contribution < -0.4 is 0 Å². The highest BCUT2D eigenvalue weighted by atomic mass is 32.1. The molecule has 0 aliphatic carbocycles. The quantitative estimate of drug-likeness (QED) is 0.752. The lowest BCUT2D eigenvalue weighted by atomic mass is 10.6. The van der Waals surface area contributed by atoms with Gasteiger partial charge in [0.25, 0.3) is 5.82 Å². The Morgan fingerprint density at radius 1 is 1.62 bits per heavy atom. The first-order chi connectivity index (χ1) is 6.27. The zero-order valence-electron chi connectivity index (χ0n) is 6.28.